The van der Waals surface area contributed by atoms with Crippen molar-refractivity contribution in [2.75, 3.05) is 13.1 Å². The number of amides is 3. The Balaban J connectivity index is 1.76. The lowest BCUT2D eigenvalue weighted by Crippen LogP contribution is -2.55. The van der Waals surface area contributed by atoms with E-state index in [4.69, 9.17) is 5.11 Å². The summed E-state index contributed by atoms with van der Waals surface area (Å²) >= 11 is 0. The lowest BCUT2D eigenvalue weighted by molar-refractivity contribution is -0.148. The van der Waals surface area contributed by atoms with Crippen LogP contribution < -0.4 is 10.6 Å². The van der Waals surface area contributed by atoms with Crippen LogP contribution in [-0.4, -0.2) is 76.5 Å². The minimum Gasteiger partial charge on any atom is -0.478 e. The maximum Gasteiger partial charge on any atom is 0.335 e. The van der Waals surface area contributed by atoms with Crippen LogP contribution in [0.4, 0.5) is 17.6 Å². The molecule has 3 unspecified atom stereocenters. The minimum atomic E-state index is -3.00. The number of unbranched alkanes of at least 4 members (excludes halogenated alkanes) is 2. The Morgan fingerprint density at radius 3 is 2.26 bits per heavy atom. The second-order valence-corrected chi connectivity index (χ2v) is 11.9. The first-order chi connectivity index (χ1) is 22.4. The molecule has 3 amide bonds. The molecule has 2 aromatic carbocycles. The number of nitrogens with zero attached hydrogens (tertiary/aromatic N) is 1. The molecule has 1 aliphatic heterocycles. The molecular weight excluding hydrogens is 622 g/mol. The summed E-state index contributed by atoms with van der Waals surface area (Å²) in [5.74, 6) is -6.96. The van der Waals surface area contributed by atoms with Crippen molar-refractivity contribution in [3.63, 3.8) is 0 Å². The summed E-state index contributed by atoms with van der Waals surface area (Å²) in [7, 11) is 0. The van der Waals surface area contributed by atoms with E-state index in [9.17, 15) is 41.8 Å². The quantitative estimate of drug-likeness (QED) is 0.142. The molecule has 258 valence electrons. The molecule has 3 rings (SSSR count). The predicted molar refractivity (Wildman–Crippen MR) is 166 cm³/mol. The molecule has 5 atom stereocenters. The Labute approximate surface area is 271 Å². The molecule has 1 fully saturated rings. The fourth-order valence-electron chi connectivity index (χ4n) is 5.98. The highest BCUT2D eigenvalue weighted by Crippen LogP contribution is 2.34. The zero-order valence-corrected chi connectivity index (χ0v) is 26.6. The number of carboxylic acid groups (broad SMARTS) is 1. The Kier molecular flexibility index (Phi) is 14.2. The maximum absolute atomic E-state index is 14.3. The van der Waals surface area contributed by atoms with Gasteiger partial charge in [0.25, 0.3) is 5.91 Å². The number of carbonyl (C=O) groups is 4. The molecule has 9 nitrogen and oxygen atoms in total. The summed E-state index contributed by atoms with van der Waals surface area (Å²) in [5.41, 5.74) is -0.256. The summed E-state index contributed by atoms with van der Waals surface area (Å²) < 4.78 is 55.7. The lowest BCUT2D eigenvalue weighted by atomic mass is 9.92. The highest BCUT2D eigenvalue weighted by Gasteiger charge is 2.44. The number of halogens is 4. The van der Waals surface area contributed by atoms with Crippen molar-refractivity contribution in [1.82, 2.24) is 15.5 Å². The van der Waals surface area contributed by atoms with Crippen LogP contribution in [0.1, 0.15) is 86.2 Å². The van der Waals surface area contributed by atoms with Crippen molar-refractivity contribution in [2.45, 2.75) is 95.7 Å². The van der Waals surface area contributed by atoms with E-state index in [1.165, 1.54) is 4.90 Å². The fraction of sp³-hybridized carbons (Fsp3) is 0.529. The van der Waals surface area contributed by atoms with Gasteiger partial charge in [-0.05, 0) is 42.9 Å². The molecule has 1 aliphatic rings. The Morgan fingerprint density at radius 1 is 1.02 bits per heavy atom. The normalized spacial score (nSPS) is 18.1. The van der Waals surface area contributed by atoms with Gasteiger partial charge in [-0.25, -0.2) is 22.4 Å². The zero-order valence-electron chi connectivity index (χ0n) is 26.6. The summed E-state index contributed by atoms with van der Waals surface area (Å²) in [6, 6.07) is 7.50. The van der Waals surface area contributed by atoms with Crippen LogP contribution in [0.3, 0.4) is 0 Å². The molecule has 0 spiro atoms. The van der Waals surface area contributed by atoms with Gasteiger partial charge < -0.3 is 25.7 Å². The van der Waals surface area contributed by atoms with Crippen molar-refractivity contribution in [2.24, 2.45) is 5.92 Å². The third kappa shape index (κ3) is 10.2. The van der Waals surface area contributed by atoms with E-state index in [-0.39, 0.29) is 24.8 Å². The van der Waals surface area contributed by atoms with Gasteiger partial charge in [0.05, 0.1) is 5.56 Å². The number of nitrogens with one attached hydrogen (secondary N) is 2. The van der Waals surface area contributed by atoms with Gasteiger partial charge in [-0.1, -0.05) is 69.9 Å². The number of hydrogen-bond donors (Lipinski definition) is 4. The van der Waals surface area contributed by atoms with Crippen LogP contribution >= 0.6 is 0 Å². The van der Waals surface area contributed by atoms with E-state index in [0.29, 0.717) is 25.0 Å². The lowest BCUT2D eigenvalue weighted by Gasteiger charge is -2.30. The molecule has 13 heteroatoms. The number of aromatic carboxylic acids is 1. The Morgan fingerprint density at radius 2 is 1.68 bits per heavy atom. The summed E-state index contributed by atoms with van der Waals surface area (Å²) in [5, 5.41) is 24.7. The monoisotopic (exact) mass is 665 g/mol. The standard InChI is InChI=1S/C34H43F4N3O6/c1-3-5-7-10-20(4-2)30(42)33(45)41-19-23(21-11-8-6-9-12-21)17-28(41)32(44)40-27(18-29(37)38)31(43)39-14-13-24-25(35)15-22(34(46)47)16-26(24)36/h6,8-9,11-12,15-16,20,23,27-30,42H,3-5,7,10,13-14,17-19H2,1-2H3,(H,39,43)(H,40,44)(H,46,47)/t20?,23-,27+,28?,30?/m1/s1. The molecule has 47 heavy (non-hydrogen) atoms. The maximum atomic E-state index is 14.3. The van der Waals surface area contributed by atoms with E-state index in [1.54, 1.807) is 0 Å². The number of aliphatic hydroxyl groups excluding tert-OH is 1. The first kappa shape index (κ1) is 37.5. The molecular formula is C34H43F4N3O6. The third-order valence-electron chi connectivity index (χ3n) is 8.67. The van der Waals surface area contributed by atoms with Crippen LogP contribution in [0, 0.1) is 17.6 Å². The highest BCUT2D eigenvalue weighted by molar-refractivity contribution is 5.93. The average Bonchev–Trinajstić information content (AvgIpc) is 3.49. The Hall–Kier alpha value is -4.00. The van der Waals surface area contributed by atoms with Gasteiger partial charge in [0.2, 0.25) is 18.2 Å². The van der Waals surface area contributed by atoms with Gasteiger partial charge in [0.15, 0.2) is 0 Å². The molecule has 0 aromatic heterocycles. The van der Waals surface area contributed by atoms with Gasteiger partial charge >= 0.3 is 5.97 Å². The zero-order chi connectivity index (χ0) is 34.7. The van der Waals surface area contributed by atoms with E-state index in [0.717, 1.165) is 24.8 Å². The first-order valence-electron chi connectivity index (χ1n) is 16.0. The Bertz CT molecular complexity index is 1360. The second-order valence-electron chi connectivity index (χ2n) is 11.9. The summed E-state index contributed by atoms with van der Waals surface area (Å²) in [4.78, 5) is 52.5. The van der Waals surface area contributed by atoms with Gasteiger partial charge in [-0.3, -0.25) is 14.4 Å². The summed E-state index contributed by atoms with van der Waals surface area (Å²) in [6.45, 7) is 3.62. The molecule has 4 N–H and O–H groups in total. The molecule has 1 heterocycles. The molecule has 2 aromatic rings. The number of hydrogen-bond acceptors (Lipinski definition) is 5. The number of carbonyl (C=O) groups excluding carboxylic acids is 3. The molecule has 0 bridgehead atoms. The van der Waals surface area contributed by atoms with Crippen molar-refractivity contribution in [3.8, 4) is 0 Å². The molecule has 0 saturated carbocycles. The van der Waals surface area contributed by atoms with Crippen molar-refractivity contribution in [1.29, 1.82) is 0 Å². The van der Waals surface area contributed by atoms with Crippen LogP contribution in [0.5, 0.6) is 0 Å². The fourth-order valence-corrected chi connectivity index (χ4v) is 5.98. The van der Waals surface area contributed by atoms with E-state index in [2.05, 4.69) is 10.6 Å². The smallest absolute Gasteiger partial charge is 0.335 e. The number of benzene rings is 2. The van der Waals surface area contributed by atoms with Gasteiger partial charge in [-0.15, -0.1) is 0 Å². The van der Waals surface area contributed by atoms with Gasteiger partial charge in [-0.2, -0.15) is 0 Å². The largest absolute Gasteiger partial charge is 0.478 e. The number of likely N-dealkylation sites (tertiary alicyclic amines) is 1. The van der Waals surface area contributed by atoms with E-state index < -0.39 is 90.5 Å². The van der Waals surface area contributed by atoms with Crippen molar-refractivity contribution >= 4 is 23.7 Å². The van der Waals surface area contributed by atoms with Crippen molar-refractivity contribution < 1.29 is 47.0 Å². The average molecular weight is 666 g/mol. The number of alkyl halides is 2. The number of aliphatic hydroxyl groups is 1. The SMILES string of the molecule is CCCCCC(CC)C(O)C(=O)N1C[C@H](c2ccccc2)CC1C(=O)N[C@@H](CC(F)F)C(=O)NCCc1c(F)cc(C(=O)O)cc1F. The molecule has 0 aliphatic carbocycles. The third-order valence-corrected chi connectivity index (χ3v) is 8.67. The minimum absolute atomic E-state index is 0.104. The topological polar surface area (TPSA) is 136 Å². The summed E-state index contributed by atoms with van der Waals surface area (Å²) in [6.07, 6.45) is -1.82. The number of carboxylic acids is 1. The van der Waals surface area contributed by atoms with Crippen LogP contribution in [-0.2, 0) is 20.8 Å². The van der Waals surface area contributed by atoms with Crippen LogP contribution in [0.2, 0.25) is 0 Å². The predicted octanol–water partition coefficient (Wildman–Crippen LogP) is 4.81. The van der Waals surface area contributed by atoms with Gasteiger partial charge in [0.1, 0.15) is 29.8 Å². The van der Waals surface area contributed by atoms with Crippen molar-refractivity contribution in [3.05, 3.63) is 70.8 Å². The second kappa shape index (κ2) is 17.8. The molecule has 0 radical (unpaired) electrons. The van der Waals surface area contributed by atoms with E-state index >= 15 is 0 Å². The first-order valence-corrected chi connectivity index (χ1v) is 16.0. The number of rotatable bonds is 17. The van der Waals surface area contributed by atoms with Crippen LogP contribution in [0.25, 0.3) is 0 Å². The van der Waals surface area contributed by atoms with E-state index in [1.807, 2.05) is 44.2 Å². The highest BCUT2D eigenvalue weighted by atomic mass is 19.3. The molecule has 1 saturated heterocycles. The van der Waals surface area contributed by atoms with Gasteiger partial charge in [0, 0.05) is 31.0 Å². The van der Waals surface area contributed by atoms with Crippen LogP contribution in [0.15, 0.2) is 42.5 Å².